The molecule has 0 aromatic heterocycles. The van der Waals surface area contributed by atoms with Gasteiger partial charge in [-0.05, 0) is 58.3 Å². The molecule has 0 spiro atoms. The van der Waals surface area contributed by atoms with E-state index in [0.717, 1.165) is 19.3 Å². The van der Waals surface area contributed by atoms with Gasteiger partial charge in [0.05, 0.1) is 0 Å². The summed E-state index contributed by atoms with van der Waals surface area (Å²) in [6.45, 7) is 10.9. The highest BCUT2D eigenvalue weighted by Crippen LogP contribution is 2.25. The lowest BCUT2D eigenvalue weighted by molar-refractivity contribution is -0.158. The summed E-state index contributed by atoms with van der Waals surface area (Å²) in [6.07, 6.45) is 26.7. The number of esters is 1. The van der Waals surface area contributed by atoms with E-state index in [2.05, 4.69) is 46.8 Å². The number of ether oxygens (including phenoxy) is 1. The maximum absolute atomic E-state index is 12.2. The zero-order valence-electron chi connectivity index (χ0n) is 21.3. The fourth-order valence-corrected chi connectivity index (χ4v) is 4.23. The first-order valence-electron chi connectivity index (χ1n) is 13.3. The largest absolute Gasteiger partial charge is 0.460 e. The van der Waals surface area contributed by atoms with Crippen LogP contribution in [-0.4, -0.2) is 11.6 Å². The molecule has 178 valence electrons. The summed E-state index contributed by atoms with van der Waals surface area (Å²) in [4.78, 5) is 12.2. The molecule has 1 unspecified atom stereocenters. The van der Waals surface area contributed by atoms with Crippen molar-refractivity contribution in [1.29, 1.82) is 0 Å². The summed E-state index contributed by atoms with van der Waals surface area (Å²) in [5.41, 5.74) is -0.327. The van der Waals surface area contributed by atoms with E-state index >= 15 is 0 Å². The van der Waals surface area contributed by atoms with Crippen LogP contribution in [0.15, 0.2) is 12.2 Å². The van der Waals surface area contributed by atoms with Crippen molar-refractivity contribution in [1.82, 2.24) is 0 Å². The molecule has 0 aliphatic heterocycles. The van der Waals surface area contributed by atoms with E-state index in [4.69, 9.17) is 4.74 Å². The van der Waals surface area contributed by atoms with Gasteiger partial charge >= 0.3 is 5.97 Å². The molecule has 0 fully saturated rings. The van der Waals surface area contributed by atoms with Crippen LogP contribution in [0, 0.1) is 5.92 Å². The van der Waals surface area contributed by atoms with Crippen LogP contribution in [0.4, 0.5) is 0 Å². The third-order valence-corrected chi connectivity index (χ3v) is 5.92. The van der Waals surface area contributed by atoms with E-state index in [1.165, 1.54) is 89.9 Å². The Morgan fingerprint density at radius 1 is 0.767 bits per heavy atom. The number of hydrogen-bond donors (Lipinski definition) is 0. The zero-order valence-corrected chi connectivity index (χ0v) is 21.3. The number of allylic oxidation sites excluding steroid dienone is 2. The Balaban J connectivity index is 3.54. The van der Waals surface area contributed by atoms with Crippen LogP contribution >= 0.6 is 0 Å². The van der Waals surface area contributed by atoms with Gasteiger partial charge in [0, 0.05) is 6.42 Å². The summed E-state index contributed by atoms with van der Waals surface area (Å²) in [7, 11) is 0. The smallest absolute Gasteiger partial charge is 0.306 e. The van der Waals surface area contributed by atoms with Gasteiger partial charge in [0.25, 0.3) is 0 Å². The molecule has 2 nitrogen and oxygen atoms in total. The van der Waals surface area contributed by atoms with E-state index in [0.29, 0.717) is 12.3 Å². The quantitative estimate of drug-likeness (QED) is 0.104. The highest BCUT2D eigenvalue weighted by molar-refractivity contribution is 5.69. The van der Waals surface area contributed by atoms with Crippen LogP contribution in [0.1, 0.15) is 150 Å². The summed E-state index contributed by atoms with van der Waals surface area (Å²) < 4.78 is 5.76. The molecular formula is C28H54O2. The third kappa shape index (κ3) is 20.5. The van der Waals surface area contributed by atoms with Crippen molar-refractivity contribution in [3.8, 4) is 0 Å². The van der Waals surface area contributed by atoms with E-state index < -0.39 is 0 Å². The Kier molecular flexibility index (Phi) is 19.6. The second-order valence-corrected chi connectivity index (χ2v) is 10.0. The highest BCUT2D eigenvalue weighted by Gasteiger charge is 2.25. The molecule has 0 amide bonds. The molecule has 0 aromatic carbocycles. The Bertz CT molecular complexity index is 411. The third-order valence-electron chi connectivity index (χ3n) is 5.92. The number of carbonyl (C=O) groups excluding carboxylic acids is 1. The Morgan fingerprint density at radius 2 is 1.27 bits per heavy atom. The Labute approximate surface area is 189 Å². The molecule has 0 rings (SSSR count). The van der Waals surface area contributed by atoms with Crippen LogP contribution < -0.4 is 0 Å². The van der Waals surface area contributed by atoms with Crippen LogP contribution in [0.25, 0.3) is 0 Å². The van der Waals surface area contributed by atoms with Crippen molar-refractivity contribution in [2.24, 2.45) is 5.92 Å². The molecule has 0 saturated heterocycles. The van der Waals surface area contributed by atoms with Crippen LogP contribution in [0.3, 0.4) is 0 Å². The van der Waals surface area contributed by atoms with E-state index in [-0.39, 0.29) is 11.6 Å². The van der Waals surface area contributed by atoms with Gasteiger partial charge in [-0.15, -0.1) is 0 Å². The van der Waals surface area contributed by atoms with Gasteiger partial charge in [0.2, 0.25) is 0 Å². The molecule has 0 aliphatic carbocycles. The second kappa shape index (κ2) is 20.1. The average Bonchev–Trinajstić information content (AvgIpc) is 2.68. The zero-order chi connectivity index (χ0) is 22.5. The minimum absolute atomic E-state index is 0.0136. The molecule has 1 atom stereocenters. The SMILES string of the molecule is CCCCCCCC/C=C\CCCCCCCC(=O)OC(C)(C)CC(C)CCCC. The number of hydrogen-bond acceptors (Lipinski definition) is 2. The van der Waals surface area contributed by atoms with Crippen molar-refractivity contribution in [2.75, 3.05) is 0 Å². The standard InChI is InChI=1S/C28H54O2/c1-6-8-10-11-12-13-14-15-16-17-18-19-20-21-22-24-27(29)30-28(4,5)25-26(3)23-9-7-2/h15-16,26H,6-14,17-25H2,1-5H3/b16-15-. The second-order valence-electron chi connectivity index (χ2n) is 10.0. The predicted octanol–water partition coefficient (Wildman–Crippen LogP) is 9.56. The van der Waals surface area contributed by atoms with Gasteiger partial charge in [-0.3, -0.25) is 4.79 Å². The van der Waals surface area contributed by atoms with Crippen molar-refractivity contribution >= 4 is 5.97 Å². The van der Waals surface area contributed by atoms with Crippen molar-refractivity contribution < 1.29 is 9.53 Å². The van der Waals surface area contributed by atoms with E-state index in [1.54, 1.807) is 0 Å². The van der Waals surface area contributed by atoms with Crippen molar-refractivity contribution in [3.05, 3.63) is 12.2 Å². The summed E-state index contributed by atoms with van der Waals surface area (Å²) >= 11 is 0. The first-order valence-corrected chi connectivity index (χ1v) is 13.3. The van der Waals surface area contributed by atoms with E-state index in [1.807, 2.05) is 0 Å². The van der Waals surface area contributed by atoms with Gasteiger partial charge in [0.15, 0.2) is 0 Å². The minimum atomic E-state index is -0.327. The van der Waals surface area contributed by atoms with Crippen LogP contribution in [-0.2, 0) is 9.53 Å². The lowest BCUT2D eigenvalue weighted by Crippen LogP contribution is -2.30. The number of carbonyl (C=O) groups is 1. The molecule has 0 bridgehead atoms. The molecular weight excluding hydrogens is 368 g/mol. The summed E-state index contributed by atoms with van der Waals surface area (Å²) in [5, 5.41) is 0. The van der Waals surface area contributed by atoms with Gasteiger partial charge in [-0.2, -0.15) is 0 Å². The Morgan fingerprint density at radius 3 is 1.83 bits per heavy atom. The lowest BCUT2D eigenvalue weighted by atomic mass is 9.91. The first kappa shape index (κ1) is 29.2. The van der Waals surface area contributed by atoms with E-state index in [9.17, 15) is 4.79 Å². The fraction of sp³-hybridized carbons (Fsp3) is 0.893. The van der Waals surface area contributed by atoms with Crippen LogP contribution in [0.2, 0.25) is 0 Å². The van der Waals surface area contributed by atoms with Gasteiger partial charge < -0.3 is 4.74 Å². The normalized spacial score (nSPS) is 13.1. The van der Waals surface area contributed by atoms with Gasteiger partial charge in [-0.25, -0.2) is 0 Å². The Hall–Kier alpha value is -0.790. The molecule has 30 heavy (non-hydrogen) atoms. The highest BCUT2D eigenvalue weighted by atomic mass is 16.6. The molecule has 0 radical (unpaired) electrons. The van der Waals surface area contributed by atoms with Gasteiger partial charge in [-0.1, -0.05) is 104 Å². The first-order chi connectivity index (χ1) is 14.4. The molecule has 0 N–H and O–H groups in total. The number of unbranched alkanes of at least 4 members (excludes halogenated alkanes) is 12. The number of rotatable bonds is 21. The summed E-state index contributed by atoms with van der Waals surface area (Å²) in [5.74, 6) is 0.605. The predicted molar refractivity (Wildman–Crippen MR) is 133 cm³/mol. The van der Waals surface area contributed by atoms with Crippen LogP contribution in [0.5, 0.6) is 0 Å². The maximum atomic E-state index is 12.2. The molecule has 0 aliphatic rings. The molecule has 2 heteroatoms. The van der Waals surface area contributed by atoms with Crippen molar-refractivity contribution in [2.45, 2.75) is 156 Å². The van der Waals surface area contributed by atoms with Crippen molar-refractivity contribution in [3.63, 3.8) is 0 Å². The minimum Gasteiger partial charge on any atom is -0.460 e. The average molecular weight is 423 g/mol. The monoisotopic (exact) mass is 422 g/mol. The lowest BCUT2D eigenvalue weighted by Gasteiger charge is -2.28. The summed E-state index contributed by atoms with van der Waals surface area (Å²) in [6, 6.07) is 0. The maximum Gasteiger partial charge on any atom is 0.306 e. The topological polar surface area (TPSA) is 26.3 Å². The van der Waals surface area contributed by atoms with Gasteiger partial charge in [0.1, 0.15) is 5.60 Å². The fourth-order valence-electron chi connectivity index (χ4n) is 4.23. The molecule has 0 aromatic rings. The molecule has 0 saturated carbocycles. The molecule has 0 heterocycles.